The summed E-state index contributed by atoms with van der Waals surface area (Å²) in [4.78, 5) is 38.2. The molecular weight excluding hydrogens is 508 g/mol. The summed E-state index contributed by atoms with van der Waals surface area (Å²) in [5.41, 5.74) is -1.37. The van der Waals surface area contributed by atoms with E-state index >= 15 is 0 Å². The summed E-state index contributed by atoms with van der Waals surface area (Å²) in [5, 5.41) is 31.1. The molecular formula is C33H38O7. The summed E-state index contributed by atoms with van der Waals surface area (Å²) in [6, 6.07) is 28.6. The molecule has 0 saturated heterocycles. The van der Waals surface area contributed by atoms with Gasteiger partial charge in [-0.15, -0.1) is 0 Å². The maximum atomic E-state index is 13.2. The van der Waals surface area contributed by atoms with E-state index in [1.165, 1.54) is 0 Å². The Morgan fingerprint density at radius 2 is 0.975 bits per heavy atom. The fourth-order valence-corrected chi connectivity index (χ4v) is 5.47. The average Bonchev–Trinajstić information content (AvgIpc) is 2.95. The first-order valence-corrected chi connectivity index (χ1v) is 13.7. The van der Waals surface area contributed by atoms with Crippen molar-refractivity contribution in [3.8, 4) is 0 Å². The molecule has 0 aliphatic carbocycles. The number of carboxylic acids is 3. The van der Waals surface area contributed by atoms with Crippen LogP contribution >= 0.6 is 0 Å². The Labute approximate surface area is 235 Å². The second kappa shape index (κ2) is 15.0. The molecule has 0 heterocycles. The zero-order chi connectivity index (χ0) is 28.8. The van der Waals surface area contributed by atoms with Crippen molar-refractivity contribution in [2.45, 2.75) is 63.4 Å². The molecule has 0 bridgehead atoms. The van der Waals surface area contributed by atoms with Gasteiger partial charge in [0.25, 0.3) is 0 Å². The van der Waals surface area contributed by atoms with Gasteiger partial charge in [-0.3, -0.25) is 9.59 Å². The summed E-state index contributed by atoms with van der Waals surface area (Å²) in [6.07, 6.45) is 1.78. The molecule has 0 saturated carbocycles. The topological polar surface area (TPSA) is 121 Å². The summed E-state index contributed by atoms with van der Waals surface area (Å²) in [5.74, 6) is -4.32. The van der Waals surface area contributed by atoms with Crippen LogP contribution in [0, 0.1) is 5.41 Å². The summed E-state index contributed by atoms with van der Waals surface area (Å²) in [7, 11) is 0. The van der Waals surface area contributed by atoms with Crippen molar-refractivity contribution in [2.24, 2.45) is 5.41 Å². The highest BCUT2D eigenvalue weighted by Crippen LogP contribution is 2.47. The van der Waals surface area contributed by atoms with Crippen LogP contribution in [0.1, 0.15) is 55.2 Å². The first kappa shape index (κ1) is 30.6. The Balaban J connectivity index is 1.92. The van der Waals surface area contributed by atoms with E-state index in [1.54, 1.807) is 0 Å². The number of ether oxygens (including phenoxy) is 1. The SMILES string of the molecule is O=C(O)CC(OCCCc1ccccc1)(C(=O)O)C(CCCc1ccccc1)(CCCc1ccccc1)C(=O)O. The standard InChI is InChI=1S/C33H38O7/c34-29(35)25-33(31(38)39,40-24-12-21-28-17-8-3-9-18-28)32(30(36)37,22-10-19-26-13-4-1-5-14-26)23-11-20-27-15-6-2-7-16-27/h1-9,13-18H,10-12,19-25H2,(H,34,35)(H,36,37)(H,38,39). The molecule has 3 N–H and O–H groups in total. The van der Waals surface area contributed by atoms with Gasteiger partial charge in [0.1, 0.15) is 5.41 Å². The quantitative estimate of drug-likeness (QED) is 0.166. The van der Waals surface area contributed by atoms with Crippen molar-refractivity contribution in [1.29, 1.82) is 0 Å². The Kier molecular flexibility index (Phi) is 11.5. The number of hydrogen-bond acceptors (Lipinski definition) is 4. The van der Waals surface area contributed by atoms with E-state index in [9.17, 15) is 29.7 Å². The molecule has 0 aliphatic heterocycles. The highest BCUT2D eigenvalue weighted by atomic mass is 16.5. The maximum absolute atomic E-state index is 13.2. The normalized spacial score (nSPS) is 12.9. The van der Waals surface area contributed by atoms with E-state index in [0.717, 1.165) is 16.7 Å². The first-order chi connectivity index (χ1) is 19.3. The van der Waals surface area contributed by atoms with Crippen molar-refractivity contribution in [1.82, 2.24) is 0 Å². The van der Waals surface area contributed by atoms with Crippen molar-refractivity contribution in [3.05, 3.63) is 108 Å². The third kappa shape index (κ3) is 8.02. The van der Waals surface area contributed by atoms with Crippen LogP contribution in [0.5, 0.6) is 0 Å². The summed E-state index contributed by atoms with van der Waals surface area (Å²) >= 11 is 0. The van der Waals surface area contributed by atoms with Gasteiger partial charge in [0.2, 0.25) is 0 Å². The molecule has 0 radical (unpaired) electrons. The molecule has 0 fully saturated rings. The lowest BCUT2D eigenvalue weighted by Gasteiger charge is -2.44. The Hall–Kier alpha value is -3.97. The van der Waals surface area contributed by atoms with Gasteiger partial charge in [0, 0.05) is 6.61 Å². The highest BCUT2D eigenvalue weighted by molar-refractivity contribution is 5.92. The number of benzene rings is 3. The number of hydrogen-bond donors (Lipinski definition) is 3. The van der Waals surface area contributed by atoms with E-state index < -0.39 is 35.3 Å². The second-order valence-corrected chi connectivity index (χ2v) is 10.2. The average molecular weight is 547 g/mol. The predicted octanol–water partition coefficient (Wildman–Crippen LogP) is 6.05. The highest BCUT2D eigenvalue weighted by Gasteiger charge is 2.63. The monoisotopic (exact) mass is 546 g/mol. The van der Waals surface area contributed by atoms with E-state index in [1.807, 2.05) is 91.0 Å². The van der Waals surface area contributed by atoms with E-state index in [0.29, 0.717) is 38.5 Å². The lowest BCUT2D eigenvalue weighted by atomic mass is 9.63. The van der Waals surface area contributed by atoms with Gasteiger partial charge in [-0.05, 0) is 68.1 Å². The summed E-state index contributed by atoms with van der Waals surface area (Å²) < 4.78 is 5.99. The Bertz CT molecular complexity index is 1170. The van der Waals surface area contributed by atoms with Gasteiger partial charge in [0.15, 0.2) is 5.60 Å². The molecule has 212 valence electrons. The number of rotatable bonds is 18. The fourth-order valence-electron chi connectivity index (χ4n) is 5.47. The molecule has 0 aromatic heterocycles. The number of carboxylic acid groups (broad SMARTS) is 3. The van der Waals surface area contributed by atoms with Crippen molar-refractivity contribution < 1.29 is 34.4 Å². The van der Waals surface area contributed by atoms with Crippen LogP contribution in [0.25, 0.3) is 0 Å². The van der Waals surface area contributed by atoms with Crippen molar-refractivity contribution in [3.63, 3.8) is 0 Å². The molecule has 3 rings (SSSR count). The molecule has 7 nitrogen and oxygen atoms in total. The first-order valence-electron chi connectivity index (χ1n) is 13.7. The second-order valence-electron chi connectivity index (χ2n) is 10.2. The zero-order valence-electron chi connectivity index (χ0n) is 22.7. The number of aryl methyl sites for hydroxylation is 3. The molecule has 0 amide bonds. The molecule has 0 aliphatic rings. The van der Waals surface area contributed by atoms with Crippen LogP contribution in [0.2, 0.25) is 0 Å². The Morgan fingerprint density at radius 3 is 1.32 bits per heavy atom. The smallest absolute Gasteiger partial charge is 0.337 e. The summed E-state index contributed by atoms with van der Waals surface area (Å²) in [6.45, 7) is -0.0825. The minimum Gasteiger partial charge on any atom is -0.481 e. The zero-order valence-corrected chi connectivity index (χ0v) is 22.7. The molecule has 1 unspecified atom stereocenters. The van der Waals surface area contributed by atoms with Gasteiger partial charge in [-0.1, -0.05) is 91.0 Å². The van der Waals surface area contributed by atoms with Crippen LogP contribution in [-0.2, 0) is 38.4 Å². The molecule has 40 heavy (non-hydrogen) atoms. The lowest BCUT2D eigenvalue weighted by Crippen LogP contribution is -2.61. The third-order valence-electron chi connectivity index (χ3n) is 7.55. The molecule has 1 atom stereocenters. The van der Waals surface area contributed by atoms with E-state index in [-0.39, 0.29) is 19.4 Å². The van der Waals surface area contributed by atoms with Crippen LogP contribution < -0.4 is 0 Å². The van der Waals surface area contributed by atoms with Crippen LogP contribution in [0.4, 0.5) is 0 Å². The molecule has 3 aromatic carbocycles. The Morgan fingerprint density at radius 1 is 0.575 bits per heavy atom. The van der Waals surface area contributed by atoms with Crippen LogP contribution in [-0.4, -0.2) is 45.4 Å². The minimum absolute atomic E-state index is 0.0374. The van der Waals surface area contributed by atoms with Crippen molar-refractivity contribution in [2.75, 3.05) is 6.61 Å². The molecule has 7 heteroatoms. The fraction of sp³-hybridized carbons (Fsp3) is 0.364. The maximum Gasteiger partial charge on any atom is 0.337 e. The molecule has 0 spiro atoms. The number of carbonyl (C=O) groups is 3. The van der Waals surface area contributed by atoms with Gasteiger partial charge in [-0.25, -0.2) is 4.79 Å². The van der Waals surface area contributed by atoms with Gasteiger partial charge in [-0.2, -0.15) is 0 Å². The van der Waals surface area contributed by atoms with Crippen LogP contribution in [0.3, 0.4) is 0 Å². The predicted molar refractivity (Wildman–Crippen MR) is 152 cm³/mol. The molecule has 3 aromatic rings. The van der Waals surface area contributed by atoms with Crippen LogP contribution in [0.15, 0.2) is 91.0 Å². The largest absolute Gasteiger partial charge is 0.481 e. The van der Waals surface area contributed by atoms with E-state index in [2.05, 4.69) is 0 Å². The minimum atomic E-state index is -2.44. The third-order valence-corrected chi connectivity index (χ3v) is 7.55. The number of aliphatic carboxylic acids is 3. The van der Waals surface area contributed by atoms with E-state index in [4.69, 9.17) is 4.74 Å². The van der Waals surface area contributed by atoms with Gasteiger partial charge in [0.05, 0.1) is 6.42 Å². The lowest BCUT2D eigenvalue weighted by molar-refractivity contribution is -0.208. The van der Waals surface area contributed by atoms with Gasteiger partial charge >= 0.3 is 17.9 Å². The van der Waals surface area contributed by atoms with Gasteiger partial charge < -0.3 is 20.1 Å². The van der Waals surface area contributed by atoms with Crippen molar-refractivity contribution >= 4 is 17.9 Å².